The fraction of sp³-hybridized carbons (Fsp3) is 0.182. The van der Waals surface area contributed by atoms with Crippen LogP contribution in [0, 0.1) is 0 Å². The van der Waals surface area contributed by atoms with E-state index in [9.17, 15) is 0 Å². The monoisotopic (exact) mass is 219 g/mol. The van der Waals surface area contributed by atoms with Crippen LogP contribution < -0.4 is 10.5 Å². The van der Waals surface area contributed by atoms with Gasteiger partial charge >= 0.3 is 6.01 Å². The zero-order valence-electron chi connectivity index (χ0n) is 8.92. The molecule has 2 rings (SSSR count). The van der Waals surface area contributed by atoms with E-state index in [-0.39, 0.29) is 5.75 Å². The molecule has 1 aromatic carbocycles. The van der Waals surface area contributed by atoms with E-state index in [1.54, 1.807) is 30.5 Å². The number of nitrogens with two attached hydrogens (primary N) is 1. The van der Waals surface area contributed by atoms with Gasteiger partial charge in [-0.3, -0.25) is 4.57 Å². The number of hydrogen-bond acceptors (Lipinski definition) is 4. The first-order valence-electron chi connectivity index (χ1n) is 4.98. The molecule has 0 saturated heterocycles. The number of anilines is 1. The van der Waals surface area contributed by atoms with E-state index in [0.717, 1.165) is 6.54 Å². The zero-order chi connectivity index (χ0) is 11.5. The fourth-order valence-corrected chi connectivity index (χ4v) is 1.35. The maximum Gasteiger partial charge on any atom is 0.303 e. The van der Waals surface area contributed by atoms with E-state index in [1.165, 1.54) is 0 Å². The summed E-state index contributed by atoms with van der Waals surface area (Å²) in [7, 11) is 0. The molecule has 0 aliphatic carbocycles. The third-order valence-corrected chi connectivity index (χ3v) is 2.15. The summed E-state index contributed by atoms with van der Waals surface area (Å²) in [6, 6.07) is 6.89. The van der Waals surface area contributed by atoms with Gasteiger partial charge in [-0.1, -0.05) is 0 Å². The van der Waals surface area contributed by atoms with E-state index in [2.05, 4.69) is 4.98 Å². The van der Waals surface area contributed by atoms with E-state index in [1.807, 2.05) is 11.5 Å². The zero-order valence-corrected chi connectivity index (χ0v) is 8.92. The number of aromatic nitrogens is 2. The molecule has 0 fully saturated rings. The number of phenolic OH excluding ortho intramolecular Hbond substituents is 1. The van der Waals surface area contributed by atoms with Crippen LogP contribution in [0.15, 0.2) is 30.5 Å². The minimum Gasteiger partial charge on any atom is -0.508 e. The van der Waals surface area contributed by atoms with E-state index in [0.29, 0.717) is 17.6 Å². The van der Waals surface area contributed by atoms with Gasteiger partial charge in [0.05, 0.1) is 6.20 Å². The number of ether oxygens (including phenoxy) is 1. The molecule has 5 nitrogen and oxygen atoms in total. The number of aromatic hydroxyl groups is 1. The van der Waals surface area contributed by atoms with Crippen LogP contribution in [-0.2, 0) is 6.54 Å². The number of rotatable bonds is 3. The van der Waals surface area contributed by atoms with Gasteiger partial charge in [0, 0.05) is 6.54 Å². The first kappa shape index (κ1) is 10.4. The molecule has 0 saturated carbocycles. The molecular weight excluding hydrogens is 206 g/mol. The normalized spacial score (nSPS) is 10.3. The van der Waals surface area contributed by atoms with Gasteiger partial charge in [-0.05, 0) is 31.2 Å². The van der Waals surface area contributed by atoms with Crippen molar-refractivity contribution in [1.82, 2.24) is 9.55 Å². The van der Waals surface area contributed by atoms with Crippen LogP contribution in [0.2, 0.25) is 0 Å². The quantitative estimate of drug-likeness (QED) is 0.827. The molecule has 2 aromatic rings. The molecule has 1 heterocycles. The van der Waals surface area contributed by atoms with Crippen LogP contribution in [0.4, 0.5) is 5.82 Å². The number of benzene rings is 1. The lowest BCUT2D eigenvalue weighted by Gasteiger charge is -2.05. The Hall–Kier alpha value is -2.17. The van der Waals surface area contributed by atoms with Gasteiger partial charge in [0.15, 0.2) is 0 Å². The first-order valence-corrected chi connectivity index (χ1v) is 4.98. The number of nitrogens with zero attached hydrogens (tertiary/aromatic N) is 2. The summed E-state index contributed by atoms with van der Waals surface area (Å²) in [6.07, 6.45) is 1.72. The molecule has 0 unspecified atom stereocenters. The lowest BCUT2D eigenvalue weighted by molar-refractivity contribution is 0.413. The maximum atomic E-state index is 9.13. The Balaban J connectivity index is 2.22. The van der Waals surface area contributed by atoms with E-state index < -0.39 is 0 Å². The minimum atomic E-state index is 0.200. The standard InChI is InChI=1S/C11H13N3O2/c1-2-14-7-10(12)13-11(14)16-9-5-3-8(15)4-6-9/h3-7,15H,2,12H2,1H3. The van der Waals surface area contributed by atoms with Crippen molar-refractivity contribution in [3.05, 3.63) is 30.5 Å². The number of nitrogen functional groups attached to an aromatic ring is 1. The van der Waals surface area contributed by atoms with Gasteiger partial charge in [-0.25, -0.2) is 0 Å². The van der Waals surface area contributed by atoms with E-state index >= 15 is 0 Å². The second kappa shape index (κ2) is 4.14. The third kappa shape index (κ3) is 2.08. The lowest BCUT2D eigenvalue weighted by Crippen LogP contribution is -1.96. The highest BCUT2D eigenvalue weighted by atomic mass is 16.5. The summed E-state index contributed by atoms with van der Waals surface area (Å²) in [5, 5.41) is 9.13. The SMILES string of the molecule is CCn1cc(N)nc1Oc1ccc(O)cc1. The molecule has 0 aliphatic rings. The predicted octanol–water partition coefficient (Wildman–Crippen LogP) is 1.98. The van der Waals surface area contributed by atoms with Gasteiger partial charge in [-0.2, -0.15) is 4.98 Å². The summed E-state index contributed by atoms with van der Waals surface area (Å²) in [6.45, 7) is 2.71. The number of phenols is 1. The van der Waals surface area contributed by atoms with Crippen molar-refractivity contribution in [3.8, 4) is 17.5 Å². The van der Waals surface area contributed by atoms with Gasteiger partial charge in [0.2, 0.25) is 0 Å². The molecule has 0 atom stereocenters. The minimum absolute atomic E-state index is 0.200. The van der Waals surface area contributed by atoms with E-state index in [4.69, 9.17) is 15.6 Å². The molecule has 0 amide bonds. The molecule has 0 aliphatic heterocycles. The maximum absolute atomic E-state index is 9.13. The molecule has 3 N–H and O–H groups in total. The predicted molar refractivity (Wildman–Crippen MR) is 60.5 cm³/mol. The molecule has 5 heteroatoms. The van der Waals surface area contributed by atoms with Crippen molar-refractivity contribution in [2.75, 3.05) is 5.73 Å². The summed E-state index contributed by atoms with van der Waals surface area (Å²) in [5.74, 6) is 1.24. The molecular formula is C11H13N3O2. The van der Waals surface area contributed by atoms with Crippen molar-refractivity contribution >= 4 is 5.82 Å². The Labute approximate surface area is 93.1 Å². The Bertz CT molecular complexity index is 476. The van der Waals surface area contributed by atoms with Crippen molar-refractivity contribution in [1.29, 1.82) is 0 Å². The van der Waals surface area contributed by atoms with Crippen molar-refractivity contribution in [2.45, 2.75) is 13.5 Å². The van der Waals surface area contributed by atoms with Gasteiger partial charge in [0.25, 0.3) is 0 Å². The average Bonchev–Trinajstić information content (AvgIpc) is 2.62. The van der Waals surface area contributed by atoms with Crippen molar-refractivity contribution < 1.29 is 9.84 Å². The number of aryl methyl sites for hydroxylation is 1. The third-order valence-electron chi connectivity index (χ3n) is 2.15. The Kier molecular flexibility index (Phi) is 2.68. The molecule has 0 bridgehead atoms. The van der Waals surface area contributed by atoms with Crippen LogP contribution in [0.5, 0.6) is 17.5 Å². The van der Waals surface area contributed by atoms with Crippen LogP contribution >= 0.6 is 0 Å². The summed E-state index contributed by atoms with van der Waals surface area (Å²) >= 11 is 0. The molecule has 84 valence electrons. The highest BCUT2D eigenvalue weighted by molar-refractivity contribution is 5.34. The first-order chi connectivity index (χ1) is 7.69. The molecule has 1 aromatic heterocycles. The van der Waals surface area contributed by atoms with Crippen LogP contribution in [0.1, 0.15) is 6.92 Å². The number of hydrogen-bond donors (Lipinski definition) is 2. The van der Waals surface area contributed by atoms with Crippen LogP contribution in [0.3, 0.4) is 0 Å². The van der Waals surface area contributed by atoms with Crippen LogP contribution in [-0.4, -0.2) is 14.7 Å². The Morgan fingerprint density at radius 3 is 2.69 bits per heavy atom. The second-order valence-corrected chi connectivity index (χ2v) is 3.33. The molecule has 16 heavy (non-hydrogen) atoms. The van der Waals surface area contributed by atoms with Crippen molar-refractivity contribution in [3.63, 3.8) is 0 Å². The largest absolute Gasteiger partial charge is 0.508 e. The Morgan fingerprint density at radius 1 is 1.38 bits per heavy atom. The molecule has 0 radical (unpaired) electrons. The summed E-state index contributed by atoms with van der Waals surface area (Å²) < 4.78 is 7.34. The number of imidazole rings is 1. The van der Waals surface area contributed by atoms with Gasteiger partial charge in [-0.15, -0.1) is 0 Å². The van der Waals surface area contributed by atoms with Gasteiger partial charge in [0.1, 0.15) is 17.3 Å². The van der Waals surface area contributed by atoms with Crippen molar-refractivity contribution in [2.24, 2.45) is 0 Å². The second-order valence-electron chi connectivity index (χ2n) is 3.33. The highest BCUT2D eigenvalue weighted by Gasteiger charge is 2.06. The van der Waals surface area contributed by atoms with Gasteiger partial charge < -0.3 is 15.6 Å². The highest BCUT2D eigenvalue weighted by Crippen LogP contribution is 2.23. The average molecular weight is 219 g/mol. The topological polar surface area (TPSA) is 73.3 Å². The fourth-order valence-electron chi connectivity index (χ4n) is 1.35. The Morgan fingerprint density at radius 2 is 2.06 bits per heavy atom. The smallest absolute Gasteiger partial charge is 0.303 e. The molecule has 0 spiro atoms. The lowest BCUT2D eigenvalue weighted by atomic mass is 10.3. The van der Waals surface area contributed by atoms with Crippen LogP contribution in [0.25, 0.3) is 0 Å². The summed E-state index contributed by atoms with van der Waals surface area (Å²) in [5.41, 5.74) is 5.58. The summed E-state index contributed by atoms with van der Waals surface area (Å²) in [4.78, 5) is 4.06.